The highest BCUT2D eigenvalue weighted by atomic mass is 16.4. The molecule has 104 valence electrons. The van der Waals surface area contributed by atoms with Crippen LogP contribution in [0.5, 0.6) is 0 Å². The van der Waals surface area contributed by atoms with E-state index in [4.69, 9.17) is 0 Å². The number of anilines is 1. The lowest BCUT2D eigenvalue weighted by molar-refractivity contribution is -0.307. The third kappa shape index (κ3) is 2.37. The lowest BCUT2D eigenvalue weighted by Crippen LogP contribution is -2.49. The van der Waals surface area contributed by atoms with E-state index in [1.165, 1.54) is 6.92 Å². The fourth-order valence-electron chi connectivity index (χ4n) is 1.93. The molecule has 0 saturated carbocycles. The summed E-state index contributed by atoms with van der Waals surface area (Å²) in [4.78, 5) is 45.9. The zero-order chi connectivity index (χ0) is 14.9. The summed E-state index contributed by atoms with van der Waals surface area (Å²) in [6.07, 6.45) is 0. The molecule has 0 spiro atoms. The number of carbonyl (C=O) groups is 4. The number of hydrogen-bond acceptors (Lipinski definition) is 5. The van der Waals surface area contributed by atoms with Gasteiger partial charge in [-0.05, 0) is 18.6 Å². The smallest absolute Gasteiger partial charge is 0.289 e. The molecule has 0 saturated heterocycles. The Balaban J connectivity index is 2.19. The molecule has 2 N–H and O–H groups in total. The van der Waals surface area contributed by atoms with Gasteiger partial charge in [-0.2, -0.15) is 0 Å². The van der Waals surface area contributed by atoms with Crippen LogP contribution in [0, 0.1) is 0 Å². The largest absolute Gasteiger partial charge is 0.548 e. The van der Waals surface area contributed by atoms with Crippen LogP contribution in [0.1, 0.15) is 18.4 Å². The molecular formula is C13H11N2O5-. The number of nitrogens with one attached hydrogen (secondary N) is 2. The quantitative estimate of drug-likeness (QED) is 0.515. The molecule has 2 rings (SSSR count). The second-order valence-electron chi connectivity index (χ2n) is 4.39. The number of carbonyl (C=O) groups excluding carboxylic acids is 4. The fourth-order valence-corrected chi connectivity index (χ4v) is 1.93. The number of aliphatic carboxylic acids is 1. The molecule has 1 aromatic rings. The number of benzene rings is 1. The Morgan fingerprint density at radius 3 is 2.60 bits per heavy atom. The van der Waals surface area contributed by atoms with Crippen molar-refractivity contribution in [2.75, 3.05) is 5.32 Å². The van der Waals surface area contributed by atoms with Gasteiger partial charge in [0.25, 0.3) is 5.91 Å². The van der Waals surface area contributed by atoms with Crippen molar-refractivity contribution < 1.29 is 24.3 Å². The van der Waals surface area contributed by atoms with E-state index in [2.05, 4.69) is 5.32 Å². The summed E-state index contributed by atoms with van der Waals surface area (Å²) in [6, 6.07) is 5.19. The Labute approximate surface area is 114 Å². The average molecular weight is 275 g/mol. The minimum absolute atomic E-state index is 0.402. The molecule has 2 amide bonds. The zero-order valence-electron chi connectivity index (χ0n) is 10.5. The van der Waals surface area contributed by atoms with Crippen LogP contribution >= 0.6 is 0 Å². The van der Waals surface area contributed by atoms with Crippen molar-refractivity contribution >= 4 is 29.3 Å². The number of Topliss-reactive ketones (excluding diaryl/α,β-unsaturated/α-hetero) is 1. The van der Waals surface area contributed by atoms with Crippen LogP contribution in [0.15, 0.2) is 24.3 Å². The summed E-state index contributed by atoms with van der Waals surface area (Å²) < 4.78 is 0. The van der Waals surface area contributed by atoms with Gasteiger partial charge in [-0.25, -0.2) is 0 Å². The summed E-state index contributed by atoms with van der Waals surface area (Å²) in [7, 11) is 0. The lowest BCUT2D eigenvalue weighted by atomic mass is 9.95. The SMILES string of the molecule is C[C@H](NC(=O)C(=O)[C@H]1C(=O)Nc2ccccc21)C(=O)[O-]. The van der Waals surface area contributed by atoms with E-state index < -0.39 is 35.5 Å². The Morgan fingerprint density at radius 2 is 1.95 bits per heavy atom. The minimum atomic E-state index is -1.51. The molecule has 1 aliphatic rings. The molecule has 0 unspecified atom stereocenters. The van der Waals surface area contributed by atoms with Crippen LogP contribution in [0.2, 0.25) is 0 Å². The van der Waals surface area contributed by atoms with Gasteiger partial charge in [0, 0.05) is 5.69 Å². The number of carboxylic acid groups (broad SMARTS) is 1. The van der Waals surface area contributed by atoms with Gasteiger partial charge in [0.1, 0.15) is 5.92 Å². The minimum Gasteiger partial charge on any atom is -0.548 e. The third-order valence-corrected chi connectivity index (χ3v) is 2.98. The van der Waals surface area contributed by atoms with Crippen molar-refractivity contribution in [2.45, 2.75) is 18.9 Å². The maximum absolute atomic E-state index is 12.0. The number of hydrogen-bond donors (Lipinski definition) is 2. The fraction of sp³-hybridized carbons (Fsp3) is 0.231. The first kappa shape index (κ1) is 13.7. The number of para-hydroxylation sites is 1. The zero-order valence-corrected chi connectivity index (χ0v) is 10.5. The van der Waals surface area contributed by atoms with Gasteiger partial charge < -0.3 is 20.5 Å². The van der Waals surface area contributed by atoms with Crippen LogP contribution in [0.3, 0.4) is 0 Å². The number of amides is 2. The normalized spacial score (nSPS) is 17.9. The average Bonchev–Trinajstić information content (AvgIpc) is 2.73. The van der Waals surface area contributed by atoms with Crippen LogP contribution in [0.25, 0.3) is 0 Å². The molecule has 1 aliphatic heterocycles. The molecule has 0 aliphatic carbocycles. The Bertz CT molecular complexity index is 611. The topological polar surface area (TPSA) is 115 Å². The van der Waals surface area contributed by atoms with Crippen LogP contribution in [-0.4, -0.2) is 29.6 Å². The molecule has 0 radical (unpaired) electrons. The maximum atomic E-state index is 12.0. The molecule has 7 nitrogen and oxygen atoms in total. The summed E-state index contributed by atoms with van der Waals surface area (Å²) in [5.74, 6) is -5.49. The molecule has 1 aromatic carbocycles. The highest BCUT2D eigenvalue weighted by Crippen LogP contribution is 2.32. The van der Waals surface area contributed by atoms with Gasteiger partial charge in [-0.3, -0.25) is 14.4 Å². The second kappa shape index (κ2) is 5.12. The highest BCUT2D eigenvalue weighted by Gasteiger charge is 2.39. The number of rotatable bonds is 4. The van der Waals surface area contributed by atoms with Gasteiger partial charge in [0.2, 0.25) is 11.7 Å². The predicted octanol–water partition coefficient (Wildman–Crippen LogP) is -1.45. The van der Waals surface area contributed by atoms with Gasteiger partial charge >= 0.3 is 0 Å². The van der Waals surface area contributed by atoms with Gasteiger partial charge in [0.15, 0.2) is 0 Å². The Kier molecular flexibility index (Phi) is 3.51. The van der Waals surface area contributed by atoms with Crippen molar-refractivity contribution in [1.82, 2.24) is 5.32 Å². The summed E-state index contributed by atoms with van der Waals surface area (Å²) in [6.45, 7) is 1.17. The van der Waals surface area contributed by atoms with Gasteiger partial charge in [0.05, 0.1) is 12.0 Å². The van der Waals surface area contributed by atoms with E-state index in [0.717, 1.165) is 0 Å². The van der Waals surface area contributed by atoms with Crippen molar-refractivity contribution in [1.29, 1.82) is 0 Å². The first-order valence-corrected chi connectivity index (χ1v) is 5.87. The molecule has 0 bridgehead atoms. The first-order chi connectivity index (χ1) is 9.41. The number of ketones is 1. The molecule has 0 fully saturated rings. The van der Waals surface area contributed by atoms with Crippen LogP contribution in [0.4, 0.5) is 5.69 Å². The second-order valence-corrected chi connectivity index (χ2v) is 4.39. The van der Waals surface area contributed by atoms with E-state index in [-0.39, 0.29) is 0 Å². The van der Waals surface area contributed by atoms with E-state index in [1.807, 2.05) is 5.32 Å². The van der Waals surface area contributed by atoms with E-state index in [1.54, 1.807) is 24.3 Å². The molecular weight excluding hydrogens is 264 g/mol. The highest BCUT2D eigenvalue weighted by molar-refractivity contribution is 6.44. The molecule has 2 atom stereocenters. The van der Waals surface area contributed by atoms with Crippen molar-refractivity contribution in [3.8, 4) is 0 Å². The van der Waals surface area contributed by atoms with Crippen molar-refractivity contribution in [2.24, 2.45) is 0 Å². The Hall–Kier alpha value is -2.70. The molecule has 7 heteroatoms. The van der Waals surface area contributed by atoms with Crippen molar-refractivity contribution in [3.05, 3.63) is 29.8 Å². The molecule has 1 heterocycles. The van der Waals surface area contributed by atoms with E-state index in [9.17, 15) is 24.3 Å². The summed E-state index contributed by atoms with van der Waals surface area (Å²) in [5.41, 5.74) is 0.871. The van der Waals surface area contributed by atoms with E-state index in [0.29, 0.717) is 11.3 Å². The van der Waals surface area contributed by atoms with E-state index >= 15 is 0 Å². The lowest BCUT2D eigenvalue weighted by Gasteiger charge is -2.15. The molecule has 20 heavy (non-hydrogen) atoms. The van der Waals surface area contributed by atoms with Crippen LogP contribution in [-0.2, 0) is 19.2 Å². The standard InChI is InChI=1S/C13H12N2O5/c1-6(13(19)20)14-12(18)10(16)9-7-4-2-3-5-8(7)15-11(9)17/h2-6,9H,1H3,(H,14,18)(H,15,17)(H,19,20)/p-1/t6-,9-/m0/s1. The Morgan fingerprint density at radius 1 is 1.30 bits per heavy atom. The number of carboxylic acids is 1. The van der Waals surface area contributed by atoms with Crippen molar-refractivity contribution in [3.63, 3.8) is 0 Å². The summed E-state index contributed by atoms with van der Waals surface area (Å²) in [5, 5.41) is 15.0. The predicted molar refractivity (Wildman–Crippen MR) is 65.4 cm³/mol. The monoisotopic (exact) mass is 275 g/mol. The van der Waals surface area contributed by atoms with Gasteiger partial charge in [-0.15, -0.1) is 0 Å². The maximum Gasteiger partial charge on any atom is 0.289 e. The first-order valence-electron chi connectivity index (χ1n) is 5.87. The van der Waals surface area contributed by atoms with Gasteiger partial charge in [-0.1, -0.05) is 18.2 Å². The molecule has 0 aromatic heterocycles. The third-order valence-electron chi connectivity index (χ3n) is 2.98. The van der Waals surface area contributed by atoms with Crippen LogP contribution < -0.4 is 15.7 Å². The summed E-state index contributed by atoms with van der Waals surface area (Å²) >= 11 is 0. The number of fused-ring (bicyclic) bond motifs is 1.